The molecule has 112 valence electrons. The number of nitrogens with zero attached hydrogens (tertiary/aromatic N) is 2. The topological polar surface area (TPSA) is 52.8 Å². The predicted octanol–water partition coefficient (Wildman–Crippen LogP) is 3.21. The quantitative estimate of drug-likeness (QED) is 0.697. The van der Waals surface area contributed by atoms with Gasteiger partial charge in [0.05, 0.1) is 11.9 Å². The van der Waals surface area contributed by atoms with E-state index in [9.17, 15) is 4.79 Å². The van der Waals surface area contributed by atoms with Crippen molar-refractivity contribution in [2.24, 2.45) is 0 Å². The molecule has 0 radical (unpaired) electrons. The van der Waals surface area contributed by atoms with E-state index in [1.807, 2.05) is 22.6 Å². The molecular formula is C16H14N2O3S. The van der Waals surface area contributed by atoms with Crippen molar-refractivity contribution < 1.29 is 14.3 Å². The highest BCUT2D eigenvalue weighted by atomic mass is 32.1. The first-order valence-electron chi connectivity index (χ1n) is 7.16. The van der Waals surface area contributed by atoms with Gasteiger partial charge in [0, 0.05) is 10.4 Å². The maximum Gasteiger partial charge on any atom is 0.194 e. The third kappa shape index (κ3) is 1.91. The van der Waals surface area contributed by atoms with Gasteiger partial charge >= 0.3 is 0 Å². The smallest absolute Gasteiger partial charge is 0.194 e. The van der Waals surface area contributed by atoms with E-state index in [1.165, 1.54) is 4.88 Å². The SMILES string of the molecule is CCc1sc2ncc(C=O)n2c1-c1ccc2c(c1)OCCO2. The van der Waals surface area contributed by atoms with Crippen LogP contribution in [0.15, 0.2) is 24.4 Å². The number of ether oxygens (including phenoxy) is 2. The number of thiazole rings is 1. The van der Waals surface area contributed by atoms with Crippen LogP contribution in [0, 0.1) is 0 Å². The number of aryl methyl sites for hydroxylation is 1. The molecule has 0 saturated carbocycles. The minimum atomic E-state index is 0.556. The summed E-state index contributed by atoms with van der Waals surface area (Å²) in [5.41, 5.74) is 2.59. The Hall–Kier alpha value is -2.34. The predicted molar refractivity (Wildman–Crippen MR) is 84.3 cm³/mol. The van der Waals surface area contributed by atoms with Crippen LogP contribution in [-0.4, -0.2) is 28.9 Å². The van der Waals surface area contributed by atoms with Crippen molar-refractivity contribution in [2.45, 2.75) is 13.3 Å². The van der Waals surface area contributed by atoms with Gasteiger partial charge in [0.2, 0.25) is 0 Å². The second-order valence-corrected chi connectivity index (χ2v) is 6.07. The number of benzene rings is 1. The number of hydrogen-bond donors (Lipinski definition) is 0. The largest absolute Gasteiger partial charge is 0.486 e. The Bertz CT molecular complexity index is 866. The zero-order valence-corrected chi connectivity index (χ0v) is 12.9. The van der Waals surface area contributed by atoms with Crippen LogP contribution >= 0.6 is 11.3 Å². The van der Waals surface area contributed by atoms with Gasteiger partial charge < -0.3 is 9.47 Å². The molecular weight excluding hydrogens is 300 g/mol. The summed E-state index contributed by atoms with van der Waals surface area (Å²) in [6, 6.07) is 5.90. The summed E-state index contributed by atoms with van der Waals surface area (Å²) in [5, 5.41) is 0. The van der Waals surface area contributed by atoms with Crippen molar-refractivity contribution in [1.29, 1.82) is 0 Å². The maximum absolute atomic E-state index is 11.3. The molecule has 0 unspecified atom stereocenters. The van der Waals surface area contributed by atoms with Crippen LogP contribution in [0.2, 0.25) is 0 Å². The molecule has 1 aliphatic heterocycles. The third-order valence-electron chi connectivity index (χ3n) is 3.72. The van der Waals surface area contributed by atoms with Gasteiger partial charge in [-0.3, -0.25) is 9.20 Å². The van der Waals surface area contributed by atoms with E-state index in [-0.39, 0.29) is 0 Å². The fraction of sp³-hybridized carbons (Fsp3) is 0.250. The Balaban J connectivity index is 1.96. The molecule has 0 amide bonds. The number of fused-ring (bicyclic) bond motifs is 2. The lowest BCUT2D eigenvalue weighted by Crippen LogP contribution is -2.15. The molecule has 0 aliphatic carbocycles. The number of aldehydes is 1. The number of hydrogen-bond acceptors (Lipinski definition) is 5. The maximum atomic E-state index is 11.3. The van der Waals surface area contributed by atoms with Crippen molar-refractivity contribution in [3.8, 4) is 22.8 Å². The minimum absolute atomic E-state index is 0.556. The van der Waals surface area contributed by atoms with Crippen LogP contribution in [0.5, 0.6) is 11.5 Å². The van der Waals surface area contributed by atoms with Crippen LogP contribution in [-0.2, 0) is 6.42 Å². The standard InChI is InChI=1S/C16H14N2O3S/c1-2-14-15(18-11(9-19)8-17-16(18)22-14)10-3-4-12-13(7-10)21-6-5-20-12/h3-4,7-9H,2,5-6H2,1H3. The van der Waals surface area contributed by atoms with Crippen LogP contribution in [0.1, 0.15) is 22.3 Å². The Morgan fingerprint density at radius 2 is 2.14 bits per heavy atom. The molecule has 0 N–H and O–H groups in total. The fourth-order valence-corrected chi connectivity index (χ4v) is 3.79. The summed E-state index contributed by atoms with van der Waals surface area (Å²) in [4.78, 5) is 17.7. The van der Waals surface area contributed by atoms with E-state index in [4.69, 9.17) is 9.47 Å². The van der Waals surface area contributed by atoms with Gasteiger partial charge in [0.15, 0.2) is 22.7 Å². The van der Waals surface area contributed by atoms with Gasteiger partial charge in [0.1, 0.15) is 18.9 Å². The number of rotatable bonds is 3. The van der Waals surface area contributed by atoms with Crippen LogP contribution in [0.4, 0.5) is 0 Å². The highest BCUT2D eigenvalue weighted by Crippen LogP contribution is 2.38. The molecule has 0 spiro atoms. The first-order valence-corrected chi connectivity index (χ1v) is 7.97. The van der Waals surface area contributed by atoms with Crippen LogP contribution < -0.4 is 9.47 Å². The fourth-order valence-electron chi connectivity index (χ4n) is 2.73. The first-order chi connectivity index (χ1) is 10.8. The molecule has 0 bridgehead atoms. The van der Waals surface area contributed by atoms with Crippen LogP contribution in [0.3, 0.4) is 0 Å². The van der Waals surface area contributed by atoms with Crippen molar-refractivity contribution in [1.82, 2.24) is 9.38 Å². The Labute approximate surface area is 131 Å². The molecule has 4 rings (SSSR count). The molecule has 1 aromatic carbocycles. The number of carbonyl (C=O) groups is 1. The van der Waals surface area contributed by atoms with Gasteiger partial charge in [-0.2, -0.15) is 0 Å². The highest BCUT2D eigenvalue weighted by Gasteiger charge is 2.19. The van der Waals surface area contributed by atoms with Crippen molar-refractivity contribution in [2.75, 3.05) is 13.2 Å². The molecule has 1 aliphatic rings. The van der Waals surface area contributed by atoms with E-state index in [2.05, 4.69) is 11.9 Å². The van der Waals surface area contributed by atoms with Crippen molar-refractivity contribution in [3.63, 3.8) is 0 Å². The first kappa shape index (κ1) is 13.3. The second kappa shape index (κ2) is 5.14. The molecule has 22 heavy (non-hydrogen) atoms. The molecule has 6 heteroatoms. The van der Waals surface area contributed by atoms with Crippen molar-refractivity contribution >= 4 is 22.6 Å². The Morgan fingerprint density at radius 1 is 1.32 bits per heavy atom. The lowest BCUT2D eigenvalue weighted by Gasteiger charge is -2.19. The number of carbonyl (C=O) groups excluding carboxylic acids is 1. The average Bonchev–Trinajstić information content (AvgIpc) is 3.12. The van der Waals surface area contributed by atoms with Crippen LogP contribution in [0.25, 0.3) is 16.2 Å². The van der Waals surface area contributed by atoms with Gasteiger partial charge in [-0.05, 0) is 24.6 Å². The summed E-state index contributed by atoms with van der Waals surface area (Å²) in [6.07, 6.45) is 3.34. The van der Waals surface area contributed by atoms with E-state index in [0.717, 1.165) is 40.4 Å². The lowest BCUT2D eigenvalue weighted by molar-refractivity contribution is 0.111. The highest BCUT2D eigenvalue weighted by molar-refractivity contribution is 7.17. The number of aromatic nitrogens is 2. The summed E-state index contributed by atoms with van der Waals surface area (Å²) in [7, 11) is 0. The molecule has 0 atom stereocenters. The summed E-state index contributed by atoms with van der Waals surface area (Å²) < 4.78 is 13.2. The zero-order chi connectivity index (χ0) is 15.1. The van der Waals surface area contributed by atoms with E-state index < -0.39 is 0 Å². The summed E-state index contributed by atoms with van der Waals surface area (Å²) in [5.74, 6) is 1.51. The molecule has 0 fully saturated rings. The van der Waals surface area contributed by atoms with E-state index in [1.54, 1.807) is 17.5 Å². The van der Waals surface area contributed by atoms with Crippen molar-refractivity contribution in [3.05, 3.63) is 35.0 Å². The summed E-state index contributed by atoms with van der Waals surface area (Å²) >= 11 is 1.61. The molecule has 3 aromatic rings. The average molecular weight is 314 g/mol. The van der Waals surface area contributed by atoms with Gasteiger partial charge in [0.25, 0.3) is 0 Å². The van der Waals surface area contributed by atoms with E-state index in [0.29, 0.717) is 18.9 Å². The number of imidazole rings is 1. The summed E-state index contributed by atoms with van der Waals surface area (Å²) in [6.45, 7) is 3.24. The molecule has 3 heterocycles. The van der Waals surface area contributed by atoms with E-state index >= 15 is 0 Å². The zero-order valence-electron chi connectivity index (χ0n) is 12.0. The third-order valence-corrected chi connectivity index (χ3v) is 4.92. The minimum Gasteiger partial charge on any atom is -0.486 e. The monoisotopic (exact) mass is 314 g/mol. The molecule has 0 saturated heterocycles. The molecule has 2 aromatic heterocycles. The van der Waals surface area contributed by atoms with Gasteiger partial charge in [-0.15, -0.1) is 11.3 Å². The molecule has 5 nitrogen and oxygen atoms in total. The lowest BCUT2D eigenvalue weighted by atomic mass is 10.1. The Morgan fingerprint density at radius 3 is 2.91 bits per heavy atom. The second-order valence-electron chi connectivity index (χ2n) is 5.00. The normalized spacial score (nSPS) is 13.5. The van der Waals surface area contributed by atoms with Gasteiger partial charge in [-0.1, -0.05) is 6.92 Å². The van der Waals surface area contributed by atoms with Gasteiger partial charge in [-0.25, -0.2) is 4.98 Å². The Kier molecular flexibility index (Phi) is 3.11.